The summed E-state index contributed by atoms with van der Waals surface area (Å²) in [5.74, 6) is 0.608. The maximum atomic E-state index is 12.4. The quantitative estimate of drug-likeness (QED) is 0.829. The van der Waals surface area contributed by atoms with Crippen LogP contribution in [0.15, 0.2) is 0 Å². The highest BCUT2D eigenvalue weighted by atomic mass is 32.1. The van der Waals surface area contributed by atoms with Crippen molar-refractivity contribution in [2.75, 3.05) is 26.2 Å². The normalized spacial score (nSPS) is 19.3. The molecule has 1 saturated carbocycles. The Morgan fingerprint density at radius 1 is 1.10 bits per heavy atom. The molecule has 1 aromatic heterocycles. The molecule has 0 atom stereocenters. The molecule has 1 saturated heterocycles. The topological polar surface area (TPSA) is 53.5 Å². The van der Waals surface area contributed by atoms with Gasteiger partial charge in [0.05, 0.1) is 10.7 Å². The van der Waals surface area contributed by atoms with Gasteiger partial charge in [0.25, 0.3) is 5.91 Å². The number of carbonyl (C=O) groups excluding carboxylic acids is 2. The maximum Gasteiger partial charge on any atom is 0.265 e. The third kappa shape index (κ3) is 2.57. The Hall–Kier alpha value is -1.43. The van der Waals surface area contributed by atoms with Gasteiger partial charge in [-0.25, -0.2) is 4.98 Å². The monoisotopic (exact) mass is 293 g/mol. The van der Waals surface area contributed by atoms with Gasteiger partial charge < -0.3 is 9.80 Å². The zero-order valence-electron chi connectivity index (χ0n) is 11.9. The third-order valence-corrected chi connectivity index (χ3v) is 4.96. The molecule has 0 radical (unpaired) electrons. The Morgan fingerprint density at radius 2 is 1.70 bits per heavy atom. The van der Waals surface area contributed by atoms with E-state index in [0.717, 1.165) is 28.4 Å². The first-order chi connectivity index (χ1) is 9.56. The van der Waals surface area contributed by atoms with Gasteiger partial charge in [-0.05, 0) is 26.7 Å². The second-order valence-electron chi connectivity index (χ2n) is 5.54. The predicted octanol–water partition coefficient (Wildman–Crippen LogP) is 1.45. The Labute approximate surface area is 122 Å². The lowest BCUT2D eigenvalue weighted by atomic mass is 10.2. The SMILES string of the molecule is Cc1nc(C)c(C(=O)N2CCN(C(=O)C3CC3)CC2)s1. The van der Waals surface area contributed by atoms with E-state index in [9.17, 15) is 9.59 Å². The van der Waals surface area contributed by atoms with Crippen molar-refractivity contribution in [1.82, 2.24) is 14.8 Å². The second kappa shape index (κ2) is 5.16. The fraction of sp³-hybridized carbons (Fsp3) is 0.643. The fourth-order valence-electron chi connectivity index (χ4n) is 2.59. The van der Waals surface area contributed by atoms with E-state index < -0.39 is 0 Å². The van der Waals surface area contributed by atoms with Gasteiger partial charge in [-0.15, -0.1) is 11.3 Å². The van der Waals surface area contributed by atoms with Crippen molar-refractivity contribution < 1.29 is 9.59 Å². The van der Waals surface area contributed by atoms with Crippen molar-refractivity contribution in [1.29, 1.82) is 0 Å². The van der Waals surface area contributed by atoms with Gasteiger partial charge in [-0.3, -0.25) is 9.59 Å². The van der Waals surface area contributed by atoms with Gasteiger partial charge in [-0.1, -0.05) is 0 Å². The molecule has 1 aliphatic heterocycles. The van der Waals surface area contributed by atoms with E-state index in [2.05, 4.69) is 4.98 Å². The number of nitrogens with zero attached hydrogens (tertiary/aromatic N) is 3. The summed E-state index contributed by atoms with van der Waals surface area (Å²) in [7, 11) is 0. The van der Waals surface area contributed by atoms with E-state index in [1.165, 1.54) is 11.3 Å². The summed E-state index contributed by atoms with van der Waals surface area (Å²) < 4.78 is 0. The molecule has 2 amide bonds. The smallest absolute Gasteiger partial charge is 0.265 e. The lowest BCUT2D eigenvalue weighted by Crippen LogP contribution is -2.51. The van der Waals surface area contributed by atoms with Crippen LogP contribution < -0.4 is 0 Å². The molecule has 1 aliphatic carbocycles. The van der Waals surface area contributed by atoms with Gasteiger partial charge in [0.2, 0.25) is 5.91 Å². The summed E-state index contributed by atoms with van der Waals surface area (Å²) in [5.41, 5.74) is 0.814. The zero-order chi connectivity index (χ0) is 14.3. The van der Waals surface area contributed by atoms with E-state index in [1.807, 2.05) is 23.6 Å². The minimum atomic E-state index is 0.0617. The minimum absolute atomic E-state index is 0.0617. The summed E-state index contributed by atoms with van der Waals surface area (Å²) >= 11 is 1.46. The molecular formula is C14H19N3O2S. The van der Waals surface area contributed by atoms with Crippen LogP contribution in [0.3, 0.4) is 0 Å². The lowest BCUT2D eigenvalue weighted by molar-refractivity contribution is -0.134. The van der Waals surface area contributed by atoms with E-state index in [-0.39, 0.29) is 17.7 Å². The van der Waals surface area contributed by atoms with Crippen molar-refractivity contribution in [3.05, 3.63) is 15.6 Å². The second-order valence-corrected chi connectivity index (χ2v) is 6.74. The Bertz CT molecular complexity index is 543. The molecule has 0 spiro atoms. The molecule has 6 heteroatoms. The lowest BCUT2D eigenvalue weighted by Gasteiger charge is -2.34. The predicted molar refractivity (Wildman–Crippen MR) is 76.8 cm³/mol. The number of hydrogen-bond acceptors (Lipinski definition) is 4. The van der Waals surface area contributed by atoms with E-state index >= 15 is 0 Å². The standard InChI is InChI=1S/C14H19N3O2S/c1-9-12(20-10(2)15-9)14(19)17-7-5-16(6-8-17)13(18)11-3-4-11/h11H,3-8H2,1-2H3. The van der Waals surface area contributed by atoms with Gasteiger partial charge in [-0.2, -0.15) is 0 Å². The van der Waals surface area contributed by atoms with Crippen LogP contribution in [0.2, 0.25) is 0 Å². The van der Waals surface area contributed by atoms with Crippen LogP contribution in [0.1, 0.15) is 33.2 Å². The van der Waals surface area contributed by atoms with Crippen molar-refractivity contribution in [3.8, 4) is 0 Å². The summed E-state index contributed by atoms with van der Waals surface area (Å²) in [4.78, 5) is 33.2. The van der Waals surface area contributed by atoms with Crippen LogP contribution in [0.5, 0.6) is 0 Å². The van der Waals surface area contributed by atoms with E-state index in [1.54, 1.807) is 0 Å². The first-order valence-corrected chi connectivity index (χ1v) is 7.90. The van der Waals surface area contributed by atoms with Crippen LogP contribution in [0, 0.1) is 19.8 Å². The Kier molecular flexibility index (Phi) is 3.50. The number of hydrogen-bond donors (Lipinski definition) is 0. The zero-order valence-corrected chi connectivity index (χ0v) is 12.7. The summed E-state index contributed by atoms with van der Waals surface area (Å²) in [6.07, 6.45) is 2.08. The van der Waals surface area contributed by atoms with E-state index in [4.69, 9.17) is 0 Å². The summed E-state index contributed by atoms with van der Waals surface area (Å²) in [6, 6.07) is 0. The summed E-state index contributed by atoms with van der Waals surface area (Å²) in [6.45, 7) is 6.39. The number of amides is 2. The van der Waals surface area contributed by atoms with Crippen molar-refractivity contribution in [3.63, 3.8) is 0 Å². The maximum absolute atomic E-state index is 12.4. The first kappa shape index (κ1) is 13.5. The molecule has 2 heterocycles. The number of aryl methyl sites for hydroxylation is 2. The minimum Gasteiger partial charge on any atom is -0.339 e. The van der Waals surface area contributed by atoms with Gasteiger partial charge >= 0.3 is 0 Å². The highest BCUT2D eigenvalue weighted by Crippen LogP contribution is 2.31. The van der Waals surface area contributed by atoms with Crippen LogP contribution in [0.25, 0.3) is 0 Å². The molecule has 3 rings (SSSR count). The van der Waals surface area contributed by atoms with Crippen molar-refractivity contribution in [2.24, 2.45) is 5.92 Å². The van der Waals surface area contributed by atoms with Crippen LogP contribution in [0.4, 0.5) is 0 Å². The molecule has 20 heavy (non-hydrogen) atoms. The molecular weight excluding hydrogens is 274 g/mol. The fourth-order valence-corrected chi connectivity index (χ4v) is 3.48. The molecule has 1 aromatic rings. The number of thiazole rings is 1. The van der Waals surface area contributed by atoms with E-state index in [0.29, 0.717) is 26.2 Å². The average Bonchev–Trinajstić information content (AvgIpc) is 3.23. The largest absolute Gasteiger partial charge is 0.339 e. The Balaban J connectivity index is 1.61. The summed E-state index contributed by atoms with van der Waals surface area (Å²) in [5, 5.41) is 0.924. The number of carbonyl (C=O) groups is 2. The Morgan fingerprint density at radius 3 is 2.20 bits per heavy atom. The van der Waals surface area contributed by atoms with Gasteiger partial charge in [0, 0.05) is 32.1 Å². The molecule has 2 aliphatic rings. The van der Waals surface area contributed by atoms with Gasteiger partial charge in [0.15, 0.2) is 0 Å². The molecule has 2 fully saturated rings. The number of rotatable bonds is 2. The molecule has 0 unspecified atom stereocenters. The first-order valence-electron chi connectivity index (χ1n) is 7.08. The number of piperazine rings is 1. The highest BCUT2D eigenvalue weighted by molar-refractivity contribution is 7.13. The molecule has 0 aromatic carbocycles. The van der Waals surface area contributed by atoms with Crippen LogP contribution >= 0.6 is 11.3 Å². The third-order valence-electron chi connectivity index (χ3n) is 3.90. The van der Waals surface area contributed by atoms with Crippen molar-refractivity contribution >= 4 is 23.2 Å². The molecule has 0 bridgehead atoms. The number of aromatic nitrogens is 1. The van der Waals surface area contributed by atoms with Crippen LogP contribution in [-0.2, 0) is 4.79 Å². The van der Waals surface area contributed by atoms with Crippen LogP contribution in [-0.4, -0.2) is 52.8 Å². The highest BCUT2D eigenvalue weighted by Gasteiger charge is 2.35. The molecule has 108 valence electrons. The molecule has 5 nitrogen and oxygen atoms in total. The average molecular weight is 293 g/mol. The van der Waals surface area contributed by atoms with Crippen molar-refractivity contribution in [2.45, 2.75) is 26.7 Å². The van der Waals surface area contributed by atoms with Gasteiger partial charge in [0.1, 0.15) is 4.88 Å². The molecule has 0 N–H and O–H groups in total.